The van der Waals surface area contributed by atoms with E-state index in [9.17, 15) is 19.1 Å². The molecule has 1 aromatic rings. The Morgan fingerprint density at radius 3 is 2.83 bits per heavy atom. The summed E-state index contributed by atoms with van der Waals surface area (Å²) >= 11 is 5.73. The molecule has 0 aromatic heterocycles. The quantitative estimate of drug-likeness (QED) is 0.653. The second kappa shape index (κ2) is 7.25. The van der Waals surface area contributed by atoms with E-state index in [0.29, 0.717) is 12.0 Å². The van der Waals surface area contributed by atoms with Crippen LogP contribution in [0, 0.1) is 5.82 Å². The van der Waals surface area contributed by atoms with Crippen LogP contribution >= 0.6 is 11.6 Å². The lowest BCUT2D eigenvalue weighted by atomic mass is 10.0. The fourth-order valence-corrected chi connectivity index (χ4v) is 2.74. The van der Waals surface area contributed by atoms with Gasteiger partial charge in [-0.1, -0.05) is 11.6 Å². The summed E-state index contributed by atoms with van der Waals surface area (Å²) in [6, 6.07) is 3.83. The number of benzene rings is 1. The summed E-state index contributed by atoms with van der Waals surface area (Å²) in [5.74, 6) is -2.04. The van der Waals surface area contributed by atoms with Crippen molar-refractivity contribution >= 4 is 23.4 Å². The predicted molar refractivity (Wildman–Crippen MR) is 81.1 cm³/mol. The summed E-state index contributed by atoms with van der Waals surface area (Å²) in [5, 5.41) is 21.7. The molecule has 23 heavy (non-hydrogen) atoms. The third kappa shape index (κ3) is 3.99. The smallest absolute Gasteiger partial charge is 0.264 e. The van der Waals surface area contributed by atoms with Gasteiger partial charge in [0.2, 0.25) is 5.60 Å². The molecular formula is C15H18ClFN2O4. The largest absolute Gasteiger partial charge is 0.396 e. The summed E-state index contributed by atoms with van der Waals surface area (Å²) in [5.41, 5.74) is -1.69. The lowest BCUT2D eigenvalue weighted by Gasteiger charge is -2.21. The van der Waals surface area contributed by atoms with E-state index in [1.54, 1.807) is 0 Å². The van der Waals surface area contributed by atoms with Gasteiger partial charge in [-0.25, -0.2) is 4.39 Å². The van der Waals surface area contributed by atoms with Gasteiger partial charge in [0.05, 0.1) is 0 Å². The Balaban J connectivity index is 1.98. The van der Waals surface area contributed by atoms with Crippen LogP contribution in [0.2, 0.25) is 5.02 Å². The molecule has 1 fully saturated rings. The van der Waals surface area contributed by atoms with Crippen LogP contribution < -0.4 is 5.32 Å². The van der Waals surface area contributed by atoms with Gasteiger partial charge in [0.15, 0.2) is 0 Å². The van der Waals surface area contributed by atoms with Crippen molar-refractivity contribution in [1.29, 1.82) is 0 Å². The summed E-state index contributed by atoms with van der Waals surface area (Å²) in [6.45, 7) is 0.399. The van der Waals surface area contributed by atoms with Gasteiger partial charge in [0.25, 0.3) is 11.8 Å². The Bertz CT molecular complexity index is 593. The van der Waals surface area contributed by atoms with E-state index >= 15 is 0 Å². The molecule has 0 radical (unpaired) electrons. The number of nitrogens with one attached hydrogen (secondary N) is 1. The number of amides is 2. The number of likely N-dealkylation sites (tertiary alicyclic amines) is 1. The first kappa shape index (κ1) is 17.7. The van der Waals surface area contributed by atoms with Crippen molar-refractivity contribution < 1.29 is 24.2 Å². The molecule has 1 atom stereocenters. The van der Waals surface area contributed by atoms with E-state index in [4.69, 9.17) is 16.7 Å². The number of hydrogen-bond acceptors (Lipinski definition) is 4. The third-order valence-electron chi connectivity index (χ3n) is 3.72. The van der Waals surface area contributed by atoms with Crippen molar-refractivity contribution in [3.63, 3.8) is 0 Å². The molecule has 0 unspecified atom stereocenters. The minimum absolute atomic E-state index is 0.0208. The average Bonchev–Trinajstić information content (AvgIpc) is 2.79. The number of hydrogen-bond donors (Lipinski definition) is 3. The molecule has 8 heteroatoms. The molecule has 2 amide bonds. The molecule has 0 bridgehead atoms. The Hall–Kier alpha value is -1.70. The highest BCUT2D eigenvalue weighted by Gasteiger charge is 2.50. The molecule has 6 nitrogen and oxygen atoms in total. The van der Waals surface area contributed by atoms with Gasteiger partial charge < -0.3 is 20.4 Å². The molecule has 0 saturated carbocycles. The van der Waals surface area contributed by atoms with Crippen LogP contribution in [0.5, 0.6) is 0 Å². The van der Waals surface area contributed by atoms with E-state index in [1.807, 2.05) is 0 Å². The number of aliphatic hydroxyl groups excluding tert-OH is 1. The molecule has 1 aliphatic rings. The number of carbonyl (C=O) groups excluding carboxylic acids is 2. The molecule has 1 aromatic carbocycles. The highest BCUT2D eigenvalue weighted by molar-refractivity contribution is 6.30. The zero-order valence-corrected chi connectivity index (χ0v) is 13.1. The van der Waals surface area contributed by atoms with Gasteiger partial charge in [0, 0.05) is 37.7 Å². The van der Waals surface area contributed by atoms with Gasteiger partial charge in [-0.3, -0.25) is 9.59 Å². The number of aliphatic hydroxyl groups is 2. The Morgan fingerprint density at radius 2 is 2.17 bits per heavy atom. The lowest BCUT2D eigenvalue weighted by molar-refractivity contribution is -0.154. The van der Waals surface area contributed by atoms with Crippen LogP contribution in [0.25, 0.3) is 0 Å². The fraction of sp³-hybridized carbons (Fsp3) is 0.467. The summed E-state index contributed by atoms with van der Waals surface area (Å²) in [6.07, 6.45) is 0.359. The normalized spacial score (nSPS) is 20.9. The molecule has 2 rings (SSSR count). The minimum Gasteiger partial charge on any atom is -0.396 e. The lowest BCUT2D eigenvalue weighted by Crippen LogP contribution is -2.52. The zero-order chi connectivity index (χ0) is 17.0. The van der Waals surface area contributed by atoms with Gasteiger partial charge in [-0.2, -0.15) is 0 Å². The number of halogens is 2. The molecule has 1 aliphatic heterocycles. The molecule has 0 aliphatic carbocycles. The van der Waals surface area contributed by atoms with Crippen molar-refractivity contribution in [3.8, 4) is 0 Å². The van der Waals surface area contributed by atoms with Crippen molar-refractivity contribution in [2.75, 3.05) is 19.7 Å². The third-order valence-corrected chi connectivity index (χ3v) is 3.94. The van der Waals surface area contributed by atoms with E-state index in [-0.39, 0.29) is 37.7 Å². The van der Waals surface area contributed by atoms with Crippen molar-refractivity contribution in [1.82, 2.24) is 10.2 Å². The Labute approximate surface area is 137 Å². The molecule has 126 valence electrons. The fourth-order valence-electron chi connectivity index (χ4n) is 2.49. The Morgan fingerprint density at radius 1 is 1.43 bits per heavy atom. The summed E-state index contributed by atoms with van der Waals surface area (Å²) in [4.78, 5) is 25.6. The minimum atomic E-state index is -2.12. The van der Waals surface area contributed by atoms with Crippen molar-refractivity contribution in [2.45, 2.75) is 25.0 Å². The summed E-state index contributed by atoms with van der Waals surface area (Å²) < 4.78 is 13.2. The first-order valence-corrected chi connectivity index (χ1v) is 7.60. The van der Waals surface area contributed by atoms with Crippen LogP contribution in [-0.4, -0.2) is 52.2 Å². The van der Waals surface area contributed by atoms with Crippen LogP contribution in [0.4, 0.5) is 4.39 Å². The second-order valence-electron chi connectivity index (χ2n) is 5.44. The van der Waals surface area contributed by atoms with Crippen LogP contribution in [0.1, 0.15) is 18.4 Å². The van der Waals surface area contributed by atoms with Crippen LogP contribution in [0.3, 0.4) is 0 Å². The molecular weight excluding hydrogens is 327 g/mol. The molecule has 1 saturated heterocycles. The maximum Gasteiger partial charge on any atom is 0.264 e. The first-order valence-electron chi connectivity index (χ1n) is 7.22. The summed E-state index contributed by atoms with van der Waals surface area (Å²) in [7, 11) is 0. The standard InChI is InChI=1S/C15H18ClFN2O4/c16-11-6-10(7-12(17)8-11)9-18-13(21)15(23)2-4-19(14(15)22)3-1-5-20/h6-8,20,23H,1-5,9H2,(H,18,21)/t15-/m0/s1. The number of nitrogens with zero attached hydrogens (tertiary/aromatic N) is 1. The second-order valence-corrected chi connectivity index (χ2v) is 5.88. The Kier molecular flexibility index (Phi) is 5.56. The SMILES string of the molecule is O=C(NCc1cc(F)cc(Cl)c1)[C@@]1(O)CCN(CCCO)C1=O. The topological polar surface area (TPSA) is 89.9 Å². The van der Waals surface area contributed by atoms with E-state index in [0.717, 1.165) is 6.07 Å². The first-order chi connectivity index (χ1) is 10.9. The van der Waals surface area contributed by atoms with E-state index < -0.39 is 23.2 Å². The maximum absolute atomic E-state index is 13.2. The molecule has 0 spiro atoms. The highest BCUT2D eigenvalue weighted by atomic mass is 35.5. The number of rotatable bonds is 6. The van der Waals surface area contributed by atoms with Gasteiger partial charge in [0.1, 0.15) is 5.82 Å². The van der Waals surface area contributed by atoms with Gasteiger partial charge in [-0.15, -0.1) is 0 Å². The van der Waals surface area contributed by atoms with Crippen LogP contribution in [-0.2, 0) is 16.1 Å². The maximum atomic E-state index is 13.2. The van der Waals surface area contributed by atoms with Gasteiger partial charge >= 0.3 is 0 Å². The van der Waals surface area contributed by atoms with Crippen LogP contribution in [0.15, 0.2) is 18.2 Å². The van der Waals surface area contributed by atoms with E-state index in [1.165, 1.54) is 17.0 Å². The monoisotopic (exact) mass is 344 g/mol. The number of carbonyl (C=O) groups is 2. The molecule has 3 N–H and O–H groups in total. The van der Waals surface area contributed by atoms with Crippen molar-refractivity contribution in [3.05, 3.63) is 34.6 Å². The highest BCUT2D eigenvalue weighted by Crippen LogP contribution is 2.24. The van der Waals surface area contributed by atoms with Gasteiger partial charge in [-0.05, 0) is 30.2 Å². The predicted octanol–water partition coefficient (Wildman–Crippen LogP) is 0.441. The van der Waals surface area contributed by atoms with E-state index in [2.05, 4.69) is 5.32 Å². The van der Waals surface area contributed by atoms with Crippen molar-refractivity contribution in [2.24, 2.45) is 0 Å². The zero-order valence-electron chi connectivity index (χ0n) is 12.4. The molecule has 1 heterocycles. The average molecular weight is 345 g/mol.